The molecular formula is C15H29N3. The predicted molar refractivity (Wildman–Crippen MR) is 77.9 cm³/mol. The highest BCUT2D eigenvalue weighted by molar-refractivity contribution is 5.06. The number of aromatic nitrogens is 2. The number of hydrogen-bond acceptors (Lipinski definition) is 2. The summed E-state index contributed by atoms with van der Waals surface area (Å²) in [6.45, 7) is 10.8. The van der Waals surface area contributed by atoms with Crippen LogP contribution in [0.3, 0.4) is 0 Å². The van der Waals surface area contributed by atoms with Crippen LogP contribution in [-0.2, 0) is 6.54 Å². The highest BCUT2D eigenvalue weighted by atomic mass is 15.3. The predicted octanol–water partition coefficient (Wildman–Crippen LogP) is 3.45. The van der Waals surface area contributed by atoms with E-state index in [-0.39, 0.29) is 0 Å². The molecule has 0 saturated heterocycles. The standard InChI is InChI=1S/C15H29N3/c1-5-7-9-15(6-2)16-10-8-11-18-14(4)12-13(3)17-18/h12,15-16H,5-11H2,1-4H3. The molecule has 1 unspecified atom stereocenters. The van der Waals surface area contributed by atoms with Crippen molar-refractivity contribution in [1.29, 1.82) is 0 Å². The van der Waals surface area contributed by atoms with Crippen LogP contribution in [0.5, 0.6) is 0 Å². The summed E-state index contributed by atoms with van der Waals surface area (Å²) in [7, 11) is 0. The average molecular weight is 251 g/mol. The van der Waals surface area contributed by atoms with Gasteiger partial charge in [-0.15, -0.1) is 0 Å². The van der Waals surface area contributed by atoms with Crippen LogP contribution in [0.4, 0.5) is 0 Å². The Hall–Kier alpha value is -0.830. The summed E-state index contributed by atoms with van der Waals surface area (Å²) < 4.78 is 2.12. The molecule has 0 aromatic carbocycles. The second kappa shape index (κ2) is 8.30. The number of hydrogen-bond donors (Lipinski definition) is 1. The van der Waals surface area contributed by atoms with Crippen LogP contribution in [0.2, 0.25) is 0 Å². The van der Waals surface area contributed by atoms with Crippen LogP contribution < -0.4 is 5.32 Å². The van der Waals surface area contributed by atoms with Crippen LogP contribution in [0.15, 0.2) is 6.07 Å². The topological polar surface area (TPSA) is 29.9 Å². The van der Waals surface area contributed by atoms with Crippen LogP contribution >= 0.6 is 0 Å². The molecule has 1 atom stereocenters. The molecule has 0 aliphatic carbocycles. The molecule has 0 aliphatic heterocycles. The number of nitrogens with one attached hydrogen (secondary N) is 1. The smallest absolute Gasteiger partial charge is 0.0596 e. The van der Waals surface area contributed by atoms with E-state index in [9.17, 15) is 0 Å². The lowest BCUT2D eigenvalue weighted by Crippen LogP contribution is -2.29. The van der Waals surface area contributed by atoms with E-state index in [1.165, 1.54) is 31.4 Å². The minimum absolute atomic E-state index is 0.699. The Morgan fingerprint density at radius 2 is 2.06 bits per heavy atom. The number of unbranched alkanes of at least 4 members (excludes halogenated alkanes) is 1. The van der Waals surface area contributed by atoms with E-state index in [1.807, 2.05) is 0 Å². The summed E-state index contributed by atoms with van der Waals surface area (Å²) in [5.41, 5.74) is 2.39. The van der Waals surface area contributed by atoms with Crippen molar-refractivity contribution < 1.29 is 0 Å². The zero-order chi connectivity index (χ0) is 13.4. The van der Waals surface area contributed by atoms with Gasteiger partial charge in [0.05, 0.1) is 5.69 Å². The van der Waals surface area contributed by atoms with Crippen molar-refractivity contribution in [3.63, 3.8) is 0 Å². The molecule has 18 heavy (non-hydrogen) atoms. The molecule has 0 saturated carbocycles. The maximum Gasteiger partial charge on any atom is 0.0596 e. The first-order valence-electron chi connectivity index (χ1n) is 7.41. The molecule has 0 aliphatic rings. The van der Waals surface area contributed by atoms with Crippen molar-refractivity contribution in [3.8, 4) is 0 Å². The first-order valence-corrected chi connectivity index (χ1v) is 7.41. The van der Waals surface area contributed by atoms with Gasteiger partial charge in [0.2, 0.25) is 0 Å². The molecule has 104 valence electrons. The maximum atomic E-state index is 4.49. The molecule has 0 fully saturated rings. The quantitative estimate of drug-likeness (QED) is 0.681. The zero-order valence-electron chi connectivity index (χ0n) is 12.5. The second-order valence-corrected chi connectivity index (χ2v) is 5.21. The molecule has 3 heteroatoms. The van der Waals surface area contributed by atoms with Gasteiger partial charge in [0.15, 0.2) is 0 Å². The van der Waals surface area contributed by atoms with Crippen LogP contribution in [0, 0.1) is 13.8 Å². The fraction of sp³-hybridized carbons (Fsp3) is 0.800. The molecule has 0 amide bonds. The van der Waals surface area contributed by atoms with Gasteiger partial charge < -0.3 is 5.32 Å². The SMILES string of the molecule is CCCCC(CC)NCCCn1nc(C)cc1C. The molecule has 0 bridgehead atoms. The Morgan fingerprint density at radius 3 is 2.61 bits per heavy atom. The van der Waals surface area contributed by atoms with Crippen molar-refractivity contribution in [3.05, 3.63) is 17.5 Å². The Kier molecular flexibility index (Phi) is 7.02. The molecule has 1 N–H and O–H groups in total. The van der Waals surface area contributed by atoms with Gasteiger partial charge in [-0.3, -0.25) is 4.68 Å². The molecule has 1 heterocycles. The largest absolute Gasteiger partial charge is 0.314 e. The third-order valence-corrected chi connectivity index (χ3v) is 3.48. The Balaban J connectivity index is 2.19. The fourth-order valence-corrected chi connectivity index (χ4v) is 2.34. The van der Waals surface area contributed by atoms with E-state index in [0.29, 0.717) is 6.04 Å². The number of nitrogens with zero attached hydrogens (tertiary/aromatic N) is 2. The van der Waals surface area contributed by atoms with Gasteiger partial charge in [-0.25, -0.2) is 0 Å². The highest BCUT2D eigenvalue weighted by Crippen LogP contribution is 2.05. The second-order valence-electron chi connectivity index (χ2n) is 5.21. The lowest BCUT2D eigenvalue weighted by Gasteiger charge is -2.16. The first kappa shape index (κ1) is 15.2. The highest BCUT2D eigenvalue weighted by Gasteiger charge is 2.04. The van der Waals surface area contributed by atoms with E-state index in [4.69, 9.17) is 0 Å². The van der Waals surface area contributed by atoms with Crippen molar-refractivity contribution in [2.45, 2.75) is 72.4 Å². The summed E-state index contributed by atoms with van der Waals surface area (Å²) in [6, 6.07) is 2.84. The van der Waals surface area contributed by atoms with E-state index >= 15 is 0 Å². The van der Waals surface area contributed by atoms with Gasteiger partial charge in [-0.1, -0.05) is 26.7 Å². The molecule has 0 radical (unpaired) electrons. The van der Waals surface area contributed by atoms with Gasteiger partial charge in [0.25, 0.3) is 0 Å². The van der Waals surface area contributed by atoms with Gasteiger partial charge in [-0.2, -0.15) is 5.10 Å². The number of rotatable bonds is 9. The van der Waals surface area contributed by atoms with Gasteiger partial charge >= 0.3 is 0 Å². The van der Waals surface area contributed by atoms with E-state index in [0.717, 1.165) is 25.2 Å². The van der Waals surface area contributed by atoms with Crippen LogP contribution in [0.25, 0.3) is 0 Å². The van der Waals surface area contributed by atoms with E-state index < -0.39 is 0 Å². The third-order valence-electron chi connectivity index (χ3n) is 3.48. The van der Waals surface area contributed by atoms with Gasteiger partial charge in [-0.05, 0) is 45.7 Å². The normalized spacial score (nSPS) is 12.9. The molecule has 3 nitrogen and oxygen atoms in total. The molecule has 1 aromatic heterocycles. The molecular weight excluding hydrogens is 222 g/mol. The van der Waals surface area contributed by atoms with Crippen molar-refractivity contribution in [2.24, 2.45) is 0 Å². The van der Waals surface area contributed by atoms with Gasteiger partial charge in [0.1, 0.15) is 0 Å². The minimum Gasteiger partial charge on any atom is -0.314 e. The van der Waals surface area contributed by atoms with E-state index in [1.54, 1.807) is 0 Å². The van der Waals surface area contributed by atoms with Crippen LogP contribution in [0.1, 0.15) is 57.3 Å². The molecule has 0 spiro atoms. The van der Waals surface area contributed by atoms with Crippen molar-refractivity contribution >= 4 is 0 Å². The Morgan fingerprint density at radius 1 is 1.28 bits per heavy atom. The van der Waals surface area contributed by atoms with Crippen LogP contribution in [-0.4, -0.2) is 22.4 Å². The number of aryl methyl sites for hydroxylation is 3. The summed E-state index contributed by atoms with van der Waals surface area (Å²) in [6.07, 6.45) is 6.34. The minimum atomic E-state index is 0.699. The lowest BCUT2D eigenvalue weighted by molar-refractivity contribution is 0.433. The Bertz CT molecular complexity index is 330. The first-order chi connectivity index (χ1) is 8.67. The molecule has 1 aromatic rings. The third kappa shape index (κ3) is 5.21. The van der Waals surface area contributed by atoms with Crippen molar-refractivity contribution in [1.82, 2.24) is 15.1 Å². The fourth-order valence-electron chi connectivity index (χ4n) is 2.34. The monoisotopic (exact) mass is 251 g/mol. The van der Waals surface area contributed by atoms with Gasteiger partial charge in [0, 0.05) is 18.3 Å². The zero-order valence-corrected chi connectivity index (χ0v) is 12.5. The summed E-state index contributed by atoms with van der Waals surface area (Å²) in [5.74, 6) is 0. The maximum absolute atomic E-state index is 4.49. The lowest BCUT2D eigenvalue weighted by atomic mass is 10.1. The molecule has 1 rings (SSSR count). The average Bonchev–Trinajstić information content (AvgIpc) is 2.67. The van der Waals surface area contributed by atoms with Crippen molar-refractivity contribution in [2.75, 3.05) is 6.54 Å². The summed E-state index contributed by atoms with van der Waals surface area (Å²) >= 11 is 0. The van der Waals surface area contributed by atoms with E-state index in [2.05, 4.69) is 48.9 Å². The summed E-state index contributed by atoms with van der Waals surface area (Å²) in [4.78, 5) is 0. The summed E-state index contributed by atoms with van der Waals surface area (Å²) in [5, 5.41) is 8.15. The Labute approximate surface area is 112 Å².